The standard InChI is InChI=1S/C19H21NO/c1-14-5-9-17(13-15(14)2)19(21)12-8-16-6-10-18(11-7-16)20(3)4/h5-13H,1-4H3/b12-8+. The van der Waals surface area contributed by atoms with Crippen LogP contribution >= 0.6 is 0 Å². The van der Waals surface area contributed by atoms with Gasteiger partial charge in [0, 0.05) is 25.3 Å². The highest BCUT2D eigenvalue weighted by Gasteiger charge is 2.03. The highest BCUT2D eigenvalue weighted by molar-refractivity contribution is 6.06. The summed E-state index contributed by atoms with van der Waals surface area (Å²) in [7, 11) is 4.02. The molecule has 0 aliphatic rings. The van der Waals surface area contributed by atoms with Gasteiger partial charge in [-0.1, -0.05) is 30.3 Å². The summed E-state index contributed by atoms with van der Waals surface area (Å²) in [6, 6.07) is 13.9. The maximum absolute atomic E-state index is 12.2. The van der Waals surface area contributed by atoms with Crippen LogP contribution in [0.3, 0.4) is 0 Å². The second kappa shape index (κ2) is 6.40. The van der Waals surface area contributed by atoms with Gasteiger partial charge in [-0.3, -0.25) is 4.79 Å². The Morgan fingerprint density at radius 2 is 1.62 bits per heavy atom. The van der Waals surface area contributed by atoms with E-state index in [1.54, 1.807) is 6.08 Å². The molecule has 108 valence electrons. The number of nitrogens with zero attached hydrogens (tertiary/aromatic N) is 1. The van der Waals surface area contributed by atoms with Crippen molar-refractivity contribution < 1.29 is 4.79 Å². The smallest absolute Gasteiger partial charge is 0.185 e. The highest BCUT2D eigenvalue weighted by atomic mass is 16.1. The Balaban J connectivity index is 2.12. The van der Waals surface area contributed by atoms with E-state index in [0.29, 0.717) is 0 Å². The van der Waals surface area contributed by atoms with Crippen LogP contribution in [0.25, 0.3) is 6.08 Å². The van der Waals surface area contributed by atoms with E-state index in [1.807, 2.05) is 81.4 Å². The summed E-state index contributed by atoms with van der Waals surface area (Å²) in [5.74, 6) is 0.0368. The van der Waals surface area contributed by atoms with Gasteiger partial charge in [-0.15, -0.1) is 0 Å². The molecule has 0 aliphatic heterocycles. The average Bonchev–Trinajstić information content (AvgIpc) is 2.48. The second-order valence-corrected chi connectivity index (χ2v) is 5.48. The molecule has 2 heteroatoms. The van der Waals surface area contributed by atoms with E-state index in [4.69, 9.17) is 0 Å². The second-order valence-electron chi connectivity index (χ2n) is 5.48. The topological polar surface area (TPSA) is 20.3 Å². The maximum Gasteiger partial charge on any atom is 0.185 e. The number of rotatable bonds is 4. The summed E-state index contributed by atoms with van der Waals surface area (Å²) in [6.07, 6.45) is 3.49. The summed E-state index contributed by atoms with van der Waals surface area (Å²) >= 11 is 0. The van der Waals surface area contributed by atoms with Crippen molar-refractivity contribution in [1.29, 1.82) is 0 Å². The zero-order valence-corrected chi connectivity index (χ0v) is 13.1. The van der Waals surface area contributed by atoms with Crippen LogP contribution in [-0.2, 0) is 0 Å². The van der Waals surface area contributed by atoms with Crippen LogP contribution in [-0.4, -0.2) is 19.9 Å². The number of hydrogen-bond acceptors (Lipinski definition) is 2. The van der Waals surface area contributed by atoms with Crippen LogP contribution in [0.15, 0.2) is 48.5 Å². The number of allylic oxidation sites excluding steroid dienone is 1. The maximum atomic E-state index is 12.2. The Morgan fingerprint density at radius 3 is 2.19 bits per heavy atom. The van der Waals surface area contributed by atoms with Crippen LogP contribution in [0, 0.1) is 13.8 Å². The van der Waals surface area contributed by atoms with Crippen molar-refractivity contribution in [3.05, 3.63) is 70.8 Å². The lowest BCUT2D eigenvalue weighted by atomic mass is 10.0. The molecule has 0 saturated carbocycles. The molecule has 0 fully saturated rings. The van der Waals surface area contributed by atoms with Gasteiger partial charge in [-0.2, -0.15) is 0 Å². The summed E-state index contributed by atoms with van der Waals surface area (Å²) in [5, 5.41) is 0. The minimum Gasteiger partial charge on any atom is -0.378 e. The van der Waals surface area contributed by atoms with E-state index in [-0.39, 0.29) is 5.78 Å². The van der Waals surface area contributed by atoms with Crippen LogP contribution in [0.1, 0.15) is 27.0 Å². The summed E-state index contributed by atoms with van der Waals surface area (Å²) < 4.78 is 0. The third-order valence-electron chi connectivity index (χ3n) is 3.63. The lowest BCUT2D eigenvalue weighted by molar-refractivity contribution is 0.104. The third-order valence-corrected chi connectivity index (χ3v) is 3.63. The van der Waals surface area contributed by atoms with E-state index in [2.05, 4.69) is 0 Å². The molecule has 2 nitrogen and oxygen atoms in total. The molecule has 0 atom stereocenters. The molecule has 0 aliphatic carbocycles. The molecule has 0 bridgehead atoms. The van der Waals surface area contributed by atoms with Gasteiger partial charge in [0.1, 0.15) is 0 Å². The molecule has 0 saturated heterocycles. The lowest BCUT2D eigenvalue weighted by Gasteiger charge is -2.11. The fourth-order valence-corrected chi connectivity index (χ4v) is 2.05. The van der Waals surface area contributed by atoms with Crippen molar-refractivity contribution >= 4 is 17.5 Å². The molecule has 0 heterocycles. The third kappa shape index (κ3) is 3.82. The Bertz CT molecular complexity index is 666. The predicted octanol–water partition coefficient (Wildman–Crippen LogP) is 4.27. The van der Waals surface area contributed by atoms with Gasteiger partial charge in [0.2, 0.25) is 0 Å². The molecular formula is C19H21NO. The zero-order chi connectivity index (χ0) is 15.4. The normalized spacial score (nSPS) is 10.9. The molecule has 0 aromatic heterocycles. The molecule has 2 rings (SSSR count). The van der Waals surface area contributed by atoms with Gasteiger partial charge < -0.3 is 4.90 Å². The number of carbonyl (C=O) groups excluding carboxylic acids is 1. The number of ketones is 1. The van der Waals surface area contributed by atoms with Gasteiger partial charge in [-0.25, -0.2) is 0 Å². The van der Waals surface area contributed by atoms with Crippen LogP contribution in [0.5, 0.6) is 0 Å². The lowest BCUT2D eigenvalue weighted by Crippen LogP contribution is -2.07. The number of anilines is 1. The quantitative estimate of drug-likeness (QED) is 0.615. The Hall–Kier alpha value is -2.35. The van der Waals surface area contributed by atoms with Crippen molar-refractivity contribution in [2.24, 2.45) is 0 Å². The first-order valence-corrected chi connectivity index (χ1v) is 7.04. The molecule has 2 aromatic rings. The molecule has 0 amide bonds. The molecule has 0 spiro atoms. The Morgan fingerprint density at radius 1 is 0.952 bits per heavy atom. The van der Waals surface area contributed by atoms with E-state index in [9.17, 15) is 4.79 Å². The summed E-state index contributed by atoms with van der Waals surface area (Å²) in [6.45, 7) is 4.07. The number of benzene rings is 2. The van der Waals surface area contributed by atoms with E-state index < -0.39 is 0 Å². The predicted molar refractivity (Wildman–Crippen MR) is 90.0 cm³/mol. The van der Waals surface area contributed by atoms with E-state index >= 15 is 0 Å². The van der Waals surface area contributed by atoms with E-state index in [1.165, 1.54) is 5.56 Å². The first-order chi connectivity index (χ1) is 9.97. The van der Waals surface area contributed by atoms with Crippen LogP contribution < -0.4 is 4.90 Å². The average molecular weight is 279 g/mol. The molecule has 0 radical (unpaired) electrons. The fraction of sp³-hybridized carbons (Fsp3) is 0.211. The van der Waals surface area contributed by atoms with Gasteiger partial charge in [-0.05, 0) is 54.8 Å². The first-order valence-electron chi connectivity index (χ1n) is 7.04. The van der Waals surface area contributed by atoms with E-state index in [0.717, 1.165) is 22.4 Å². The van der Waals surface area contributed by atoms with Gasteiger partial charge in [0.05, 0.1) is 0 Å². The van der Waals surface area contributed by atoms with Gasteiger partial charge in [0.15, 0.2) is 5.78 Å². The van der Waals surface area contributed by atoms with Gasteiger partial charge >= 0.3 is 0 Å². The van der Waals surface area contributed by atoms with Crippen LogP contribution in [0.4, 0.5) is 5.69 Å². The minimum atomic E-state index is 0.0368. The molecule has 21 heavy (non-hydrogen) atoms. The van der Waals surface area contributed by atoms with Gasteiger partial charge in [0.25, 0.3) is 0 Å². The Labute approximate surface area is 126 Å². The first kappa shape index (κ1) is 15.0. The zero-order valence-electron chi connectivity index (χ0n) is 13.1. The molecule has 0 unspecified atom stereocenters. The molecule has 0 N–H and O–H groups in total. The number of carbonyl (C=O) groups is 1. The fourth-order valence-electron chi connectivity index (χ4n) is 2.05. The van der Waals surface area contributed by atoms with Crippen molar-refractivity contribution in [1.82, 2.24) is 0 Å². The highest BCUT2D eigenvalue weighted by Crippen LogP contribution is 2.14. The van der Waals surface area contributed by atoms with Crippen molar-refractivity contribution in [3.63, 3.8) is 0 Å². The minimum absolute atomic E-state index is 0.0368. The summed E-state index contributed by atoms with van der Waals surface area (Å²) in [5.41, 5.74) is 5.25. The SMILES string of the molecule is Cc1ccc(C(=O)/C=C/c2ccc(N(C)C)cc2)cc1C. The van der Waals surface area contributed by atoms with Crippen molar-refractivity contribution in [2.75, 3.05) is 19.0 Å². The van der Waals surface area contributed by atoms with Crippen LogP contribution in [0.2, 0.25) is 0 Å². The molecule has 2 aromatic carbocycles. The van der Waals surface area contributed by atoms with Crippen molar-refractivity contribution in [2.45, 2.75) is 13.8 Å². The monoisotopic (exact) mass is 279 g/mol. The Kier molecular flexibility index (Phi) is 4.59. The summed E-state index contributed by atoms with van der Waals surface area (Å²) in [4.78, 5) is 14.2. The number of hydrogen-bond donors (Lipinski definition) is 0. The molecular weight excluding hydrogens is 258 g/mol. The largest absolute Gasteiger partial charge is 0.378 e. The number of aryl methyl sites for hydroxylation is 2. The van der Waals surface area contributed by atoms with Crippen molar-refractivity contribution in [3.8, 4) is 0 Å².